The topological polar surface area (TPSA) is 66.8 Å². The summed E-state index contributed by atoms with van der Waals surface area (Å²) in [6.45, 7) is 0.475. The molecule has 0 aromatic heterocycles. The van der Waals surface area contributed by atoms with Crippen molar-refractivity contribution in [2.45, 2.75) is 12.8 Å². The van der Waals surface area contributed by atoms with E-state index in [1.54, 1.807) is 12.1 Å². The number of carbonyl (C=O) groups excluding carboxylic acids is 1. The first-order valence-electron chi connectivity index (χ1n) is 4.98. The SMILES string of the molecule is O=C(O)c1cccc(N2OCCCC2=O)c1. The predicted molar refractivity (Wildman–Crippen MR) is 56.1 cm³/mol. The molecule has 1 aliphatic rings. The molecule has 0 spiro atoms. The summed E-state index contributed by atoms with van der Waals surface area (Å²) in [6, 6.07) is 6.13. The third-order valence-corrected chi connectivity index (χ3v) is 2.31. The summed E-state index contributed by atoms with van der Waals surface area (Å²) < 4.78 is 0. The first kappa shape index (κ1) is 10.6. The predicted octanol–water partition coefficient (Wildman–Crippen LogP) is 1.44. The molecule has 0 unspecified atom stereocenters. The Bertz CT molecular complexity index is 430. The zero-order valence-electron chi connectivity index (χ0n) is 8.55. The summed E-state index contributed by atoms with van der Waals surface area (Å²) in [4.78, 5) is 27.5. The number of carbonyl (C=O) groups is 2. The van der Waals surface area contributed by atoms with E-state index in [9.17, 15) is 9.59 Å². The van der Waals surface area contributed by atoms with Gasteiger partial charge in [0, 0.05) is 6.42 Å². The molecule has 16 heavy (non-hydrogen) atoms. The maximum Gasteiger partial charge on any atom is 0.335 e. The van der Waals surface area contributed by atoms with Crippen LogP contribution in [0.4, 0.5) is 5.69 Å². The number of nitrogens with zero attached hydrogens (tertiary/aromatic N) is 1. The van der Waals surface area contributed by atoms with Gasteiger partial charge in [-0.2, -0.15) is 5.06 Å². The van der Waals surface area contributed by atoms with Crippen molar-refractivity contribution in [2.24, 2.45) is 0 Å². The molecule has 1 aromatic carbocycles. The van der Waals surface area contributed by atoms with Crippen LogP contribution in [0.25, 0.3) is 0 Å². The van der Waals surface area contributed by atoms with Gasteiger partial charge in [0.15, 0.2) is 0 Å². The van der Waals surface area contributed by atoms with Crippen LogP contribution in [0.1, 0.15) is 23.2 Å². The van der Waals surface area contributed by atoms with Gasteiger partial charge >= 0.3 is 5.97 Å². The average molecular weight is 221 g/mol. The highest BCUT2D eigenvalue weighted by molar-refractivity contribution is 5.94. The van der Waals surface area contributed by atoms with Gasteiger partial charge in [-0.05, 0) is 24.6 Å². The smallest absolute Gasteiger partial charge is 0.335 e. The maximum absolute atomic E-state index is 11.5. The van der Waals surface area contributed by atoms with Crippen LogP contribution >= 0.6 is 0 Å². The zero-order chi connectivity index (χ0) is 11.5. The molecule has 1 N–H and O–H groups in total. The van der Waals surface area contributed by atoms with E-state index in [1.165, 1.54) is 12.1 Å². The highest BCUT2D eigenvalue weighted by Crippen LogP contribution is 2.20. The molecule has 1 aliphatic heterocycles. The molecule has 1 amide bonds. The normalized spacial score (nSPS) is 16.2. The fourth-order valence-electron chi connectivity index (χ4n) is 1.54. The Hall–Kier alpha value is -1.88. The number of hydroxylamine groups is 1. The maximum atomic E-state index is 11.5. The fourth-order valence-corrected chi connectivity index (χ4v) is 1.54. The van der Waals surface area contributed by atoms with Gasteiger partial charge in [-0.3, -0.25) is 9.63 Å². The monoisotopic (exact) mass is 221 g/mol. The van der Waals surface area contributed by atoms with E-state index < -0.39 is 5.97 Å². The van der Waals surface area contributed by atoms with Gasteiger partial charge in [0.25, 0.3) is 5.91 Å². The fraction of sp³-hybridized carbons (Fsp3) is 0.273. The van der Waals surface area contributed by atoms with Crippen LogP contribution in [0.3, 0.4) is 0 Å². The summed E-state index contributed by atoms with van der Waals surface area (Å²) in [5.41, 5.74) is 0.601. The summed E-state index contributed by atoms with van der Waals surface area (Å²) in [7, 11) is 0. The molecule has 1 aromatic rings. The van der Waals surface area contributed by atoms with E-state index >= 15 is 0 Å². The lowest BCUT2D eigenvalue weighted by molar-refractivity contribution is -0.129. The molecular formula is C11H11NO4. The quantitative estimate of drug-likeness (QED) is 0.820. The second-order valence-corrected chi connectivity index (χ2v) is 3.48. The second-order valence-electron chi connectivity index (χ2n) is 3.48. The summed E-state index contributed by atoms with van der Waals surface area (Å²) in [6.07, 6.45) is 1.13. The van der Waals surface area contributed by atoms with Gasteiger partial charge in [-0.25, -0.2) is 4.79 Å². The molecule has 1 heterocycles. The van der Waals surface area contributed by atoms with Gasteiger partial charge in [-0.15, -0.1) is 0 Å². The minimum atomic E-state index is -1.02. The molecule has 2 rings (SSSR count). The van der Waals surface area contributed by atoms with Crippen LogP contribution in [0, 0.1) is 0 Å². The molecule has 5 heteroatoms. The highest BCUT2D eigenvalue weighted by atomic mass is 16.7. The number of benzene rings is 1. The van der Waals surface area contributed by atoms with E-state index in [0.29, 0.717) is 25.1 Å². The van der Waals surface area contributed by atoms with Crippen molar-refractivity contribution in [1.29, 1.82) is 0 Å². The number of anilines is 1. The van der Waals surface area contributed by atoms with Crippen molar-refractivity contribution >= 4 is 17.6 Å². The molecule has 0 aliphatic carbocycles. The lowest BCUT2D eigenvalue weighted by atomic mass is 10.2. The molecule has 1 saturated heterocycles. The molecule has 0 saturated carbocycles. The Balaban J connectivity index is 2.28. The van der Waals surface area contributed by atoms with Gasteiger partial charge in [0.2, 0.25) is 0 Å². The Labute approximate surface area is 92.2 Å². The lowest BCUT2D eigenvalue weighted by Crippen LogP contribution is -2.35. The van der Waals surface area contributed by atoms with Gasteiger partial charge in [0.1, 0.15) is 0 Å². The van der Waals surface area contributed by atoms with E-state index in [2.05, 4.69) is 0 Å². The Morgan fingerprint density at radius 1 is 1.44 bits per heavy atom. The second kappa shape index (κ2) is 4.32. The van der Waals surface area contributed by atoms with Crippen LogP contribution in [-0.2, 0) is 9.63 Å². The van der Waals surface area contributed by atoms with Crippen molar-refractivity contribution in [3.63, 3.8) is 0 Å². The Kier molecular flexibility index (Phi) is 2.87. The number of rotatable bonds is 2. The third kappa shape index (κ3) is 2.04. The van der Waals surface area contributed by atoms with Crippen molar-refractivity contribution in [3.05, 3.63) is 29.8 Å². The van der Waals surface area contributed by atoms with Crippen LogP contribution < -0.4 is 5.06 Å². The number of carboxylic acids is 1. The van der Waals surface area contributed by atoms with Gasteiger partial charge < -0.3 is 5.11 Å². The number of hydrogen-bond donors (Lipinski definition) is 1. The van der Waals surface area contributed by atoms with Crippen molar-refractivity contribution in [3.8, 4) is 0 Å². The zero-order valence-corrected chi connectivity index (χ0v) is 8.55. The van der Waals surface area contributed by atoms with E-state index in [1.807, 2.05) is 0 Å². The lowest BCUT2D eigenvalue weighted by Gasteiger charge is -2.25. The Morgan fingerprint density at radius 2 is 2.25 bits per heavy atom. The molecular weight excluding hydrogens is 210 g/mol. The van der Waals surface area contributed by atoms with Gasteiger partial charge in [-0.1, -0.05) is 6.07 Å². The summed E-state index contributed by atoms with van der Waals surface area (Å²) >= 11 is 0. The molecule has 0 atom stereocenters. The first-order chi connectivity index (χ1) is 7.68. The molecule has 84 valence electrons. The van der Waals surface area contributed by atoms with Crippen LogP contribution in [-0.4, -0.2) is 23.6 Å². The standard InChI is InChI=1S/C11H11NO4/c13-10-5-2-6-16-12(10)9-4-1-3-8(7-9)11(14)15/h1,3-4,7H,2,5-6H2,(H,14,15). The third-order valence-electron chi connectivity index (χ3n) is 2.31. The minimum absolute atomic E-state index is 0.138. The van der Waals surface area contributed by atoms with Crippen molar-refractivity contribution in [2.75, 3.05) is 11.7 Å². The number of amides is 1. The highest BCUT2D eigenvalue weighted by Gasteiger charge is 2.21. The number of hydrogen-bond acceptors (Lipinski definition) is 3. The van der Waals surface area contributed by atoms with Crippen molar-refractivity contribution in [1.82, 2.24) is 0 Å². The molecule has 1 fully saturated rings. The van der Waals surface area contributed by atoms with E-state index in [-0.39, 0.29) is 11.5 Å². The number of aromatic carboxylic acids is 1. The van der Waals surface area contributed by atoms with Crippen LogP contribution in [0.15, 0.2) is 24.3 Å². The average Bonchev–Trinajstić information content (AvgIpc) is 2.30. The Morgan fingerprint density at radius 3 is 2.94 bits per heavy atom. The van der Waals surface area contributed by atoms with E-state index in [0.717, 1.165) is 5.06 Å². The van der Waals surface area contributed by atoms with Crippen molar-refractivity contribution < 1.29 is 19.5 Å². The van der Waals surface area contributed by atoms with E-state index in [4.69, 9.17) is 9.94 Å². The summed E-state index contributed by atoms with van der Waals surface area (Å²) in [5.74, 6) is -1.17. The molecule has 0 bridgehead atoms. The van der Waals surface area contributed by atoms with Gasteiger partial charge in [0.05, 0.1) is 17.9 Å². The number of carboxylic acid groups (broad SMARTS) is 1. The van der Waals surface area contributed by atoms with Crippen LogP contribution in [0.5, 0.6) is 0 Å². The molecule has 5 nitrogen and oxygen atoms in total. The largest absolute Gasteiger partial charge is 0.478 e. The summed E-state index contributed by atoms with van der Waals surface area (Å²) in [5, 5.41) is 9.99. The molecule has 0 radical (unpaired) electrons. The minimum Gasteiger partial charge on any atom is -0.478 e. The first-order valence-corrected chi connectivity index (χ1v) is 4.98. The van der Waals surface area contributed by atoms with Crippen LogP contribution in [0.2, 0.25) is 0 Å².